The number of unbranched alkanes of at least 4 members (excludes halogenated alkanes) is 1. The van der Waals surface area contributed by atoms with Crippen LogP contribution < -0.4 is 0 Å². The fourth-order valence-electron chi connectivity index (χ4n) is 1.09. The predicted octanol–water partition coefficient (Wildman–Crippen LogP) is 4.81. The lowest BCUT2D eigenvalue weighted by Gasteiger charge is -1.92. The Labute approximate surface area is 88.7 Å². The molecule has 0 saturated carbocycles. The van der Waals surface area contributed by atoms with Crippen molar-refractivity contribution < 1.29 is 0 Å². The molecule has 0 saturated heterocycles. The molecule has 0 heteroatoms. The van der Waals surface area contributed by atoms with Crippen molar-refractivity contribution >= 4 is 0 Å². The summed E-state index contributed by atoms with van der Waals surface area (Å²) in [5, 5.41) is 0. The molecular weight excluding hydrogens is 168 g/mol. The fourth-order valence-corrected chi connectivity index (χ4v) is 1.09. The highest BCUT2D eigenvalue weighted by Crippen LogP contribution is 2.02. The highest BCUT2D eigenvalue weighted by molar-refractivity contribution is 4.93. The summed E-state index contributed by atoms with van der Waals surface area (Å²) in [5.41, 5.74) is 0. The van der Waals surface area contributed by atoms with Crippen LogP contribution in [0.4, 0.5) is 0 Å². The molecular formula is C14H22. The van der Waals surface area contributed by atoms with Gasteiger partial charge >= 0.3 is 0 Å². The maximum absolute atomic E-state index is 3.55. The normalized spacial score (nSPS) is 16.9. The molecule has 14 heavy (non-hydrogen) atoms. The summed E-state index contributed by atoms with van der Waals surface area (Å²) in [6.07, 6.45) is 19.9. The van der Waals surface area contributed by atoms with E-state index in [1.165, 1.54) is 25.7 Å². The molecule has 0 aromatic carbocycles. The molecule has 0 nitrogen and oxygen atoms in total. The van der Waals surface area contributed by atoms with Crippen molar-refractivity contribution in [3.63, 3.8) is 0 Å². The Morgan fingerprint density at radius 1 is 0.714 bits per heavy atom. The van der Waals surface area contributed by atoms with Crippen molar-refractivity contribution in [2.24, 2.45) is 0 Å². The Hall–Kier alpha value is -1.04. The van der Waals surface area contributed by atoms with Crippen molar-refractivity contribution in [2.45, 2.75) is 38.5 Å². The first-order valence-electron chi connectivity index (χ1n) is 5.43. The minimum absolute atomic E-state index is 1.06. The minimum atomic E-state index is 1.06. The Bertz CT molecular complexity index is 150. The van der Waals surface area contributed by atoms with E-state index >= 15 is 0 Å². The van der Waals surface area contributed by atoms with Gasteiger partial charge in [-0.25, -0.2) is 0 Å². The quantitative estimate of drug-likeness (QED) is 0.442. The van der Waals surface area contributed by atoms with Crippen LogP contribution in [0, 0.1) is 0 Å². The lowest BCUT2D eigenvalue weighted by molar-refractivity contribution is 0.962. The first kappa shape index (κ1) is 13.0. The monoisotopic (exact) mass is 190 g/mol. The van der Waals surface area contributed by atoms with Gasteiger partial charge in [0, 0.05) is 0 Å². The second kappa shape index (κ2) is 12.0. The van der Waals surface area contributed by atoms with Crippen LogP contribution in [0.15, 0.2) is 49.6 Å². The van der Waals surface area contributed by atoms with Gasteiger partial charge in [-0.2, -0.15) is 0 Å². The van der Waals surface area contributed by atoms with Gasteiger partial charge in [-0.3, -0.25) is 0 Å². The summed E-state index contributed by atoms with van der Waals surface area (Å²) < 4.78 is 0. The maximum atomic E-state index is 3.55. The van der Waals surface area contributed by atoms with E-state index in [1.807, 2.05) is 12.2 Å². The van der Waals surface area contributed by atoms with Crippen molar-refractivity contribution in [2.75, 3.05) is 0 Å². The molecule has 0 bridgehead atoms. The van der Waals surface area contributed by atoms with Crippen LogP contribution in [0.2, 0.25) is 0 Å². The number of hydrogen-bond donors (Lipinski definition) is 0. The van der Waals surface area contributed by atoms with E-state index < -0.39 is 0 Å². The molecule has 0 spiro atoms. The molecule has 1 aliphatic rings. The summed E-state index contributed by atoms with van der Waals surface area (Å²) in [6.45, 7) is 7.10. The van der Waals surface area contributed by atoms with Gasteiger partial charge < -0.3 is 0 Å². The van der Waals surface area contributed by atoms with Crippen LogP contribution in [-0.2, 0) is 0 Å². The van der Waals surface area contributed by atoms with Crippen molar-refractivity contribution in [3.8, 4) is 0 Å². The summed E-state index contributed by atoms with van der Waals surface area (Å²) in [7, 11) is 0. The second-order valence-electron chi connectivity index (χ2n) is 3.25. The third-order valence-corrected chi connectivity index (χ3v) is 1.91. The zero-order valence-corrected chi connectivity index (χ0v) is 9.12. The van der Waals surface area contributed by atoms with Crippen LogP contribution in [0.3, 0.4) is 0 Å². The summed E-state index contributed by atoms with van der Waals surface area (Å²) >= 11 is 0. The molecule has 0 N–H and O–H groups in total. The van der Waals surface area contributed by atoms with Gasteiger partial charge in [0.2, 0.25) is 0 Å². The van der Waals surface area contributed by atoms with Gasteiger partial charge in [-0.1, -0.05) is 36.5 Å². The fraction of sp³-hybridized carbons (Fsp3) is 0.429. The molecule has 0 aromatic heterocycles. The van der Waals surface area contributed by atoms with Crippen LogP contribution in [0.25, 0.3) is 0 Å². The van der Waals surface area contributed by atoms with Crippen molar-refractivity contribution in [1.82, 2.24) is 0 Å². The van der Waals surface area contributed by atoms with Crippen LogP contribution >= 0.6 is 0 Å². The number of rotatable bonds is 3. The van der Waals surface area contributed by atoms with Crippen LogP contribution in [0.1, 0.15) is 38.5 Å². The molecule has 0 heterocycles. The number of allylic oxidation sites excluding steroid dienone is 6. The lowest BCUT2D eigenvalue weighted by Crippen LogP contribution is -1.71. The lowest BCUT2D eigenvalue weighted by atomic mass is 10.1. The van der Waals surface area contributed by atoms with Crippen LogP contribution in [-0.4, -0.2) is 0 Å². The van der Waals surface area contributed by atoms with Crippen molar-refractivity contribution in [3.05, 3.63) is 49.6 Å². The van der Waals surface area contributed by atoms with E-state index in [2.05, 4.69) is 37.5 Å². The third-order valence-electron chi connectivity index (χ3n) is 1.91. The largest absolute Gasteiger partial charge is 0.103 e. The average Bonchev–Trinajstić information content (AvgIpc) is 2.14. The molecule has 0 aliphatic heterocycles. The smallest absolute Gasteiger partial charge is 0.0316 e. The van der Waals surface area contributed by atoms with E-state index in [1.54, 1.807) is 0 Å². The topological polar surface area (TPSA) is 0 Å². The van der Waals surface area contributed by atoms with Gasteiger partial charge in [-0.05, 0) is 38.5 Å². The molecule has 1 aliphatic carbocycles. The first-order valence-corrected chi connectivity index (χ1v) is 5.43. The van der Waals surface area contributed by atoms with E-state index in [-0.39, 0.29) is 0 Å². The summed E-state index contributed by atoms with van der Waals surface area (Å²) in [4.78, 5) is 0. The zero-order valence-electron chi connectivity index (χ0n) is 9.12. The number of hydrogen-bond acceptors (Lipinski definition) is 0. The summed E-state index contributed by atoms with van der Waals surface area (Å²) in [5.74, 6) is 0. The Morgan fingerprint density at radius 2 is 1.00 bits per heavy atom. The van der Waals surface area contributed by atoms with Gasteiger partial charge in [0.25, 0.3) is 0 Å². The highest BCUT2D eigenvalue weighted by atomic mass is 13.9. The van der Waals surface area contributed by atoms with E-state index in [0.717, 1.165) is 12.8 Å². The Morgan fingerprint density at radius 3 is 1.21 bits per heavy atom. The van der Waals surface area contributed by atoms with Gasteiger partial charge in [0.05, 0.1) is 0 Å². The van der Waals surface area contributed by atoms with Gasteiger partial charge in [0.1, 0.15) is 0 Å². The molecule has 0 radical (unpaired) electrons. The molecule has 0 atom stereocenters. The molecule has 0 aromatic rings. The predicted molar refractivity (Wildman–Crippen MR) is 66.4 cm³/mol. The molecule has 1 rings (SSSR count). The van der Waals surface area contributed by atoms with E-state index in [0.29, 0.717) is 0 Å². The molecule has 78 valence electrons. The maximum Gasteiger partial charge on any atom is -0.0316 e. The minimum Gasteiger partial charge on any atom is -0.103 e. The second-order valence-corrected chi connectivity index (χ2v) is 3.25. The first-order chi connectivity index (χ1) is 6.91. The van der Waals surface area contributed by atoms with Gasteiger partial charge in [-0.15, -0.1) is 13.2 Å². The SMILES string of the molecule is C1=CCC/C=C\CC1.C=CCCC=C. The van der Waals surface area contributed by atoms with Gasteiger partial charge in [0.15, 0.2) is 0 Å². The van der Waals surface area contributed by atoms with Crippen LogP contribution in [0.5, 0.6) is 0 Å². The Balaban J connectivity index is 0.000000255. The van der Waals surface area contributed by atoms with E-state index in [9.17, 15) is 0 Å². The molecule has 0 amide bonds. The molecule has 0 unspecified atom stereocenters. The standard InChI is InChI=1S/C8H12.C6H10/c1-2-4-6-8-7-5-3-1;1-3-5-6-4-2/h1-2,7-8H,3-6H2;3-4H,1-2,5-6H2/b2-1-,8-7?;. The molecule has 0 fully saturated rings. The van der Waals surface area contributed by atoms with Crippen molar-refractivity contribution in [1.29, 1.82) is 0 Å². The highest BCUT2D eigenvalue weighted by Gasteiger charge is 1.81. The van der Waals surface area contributed by atoms with E-state index in [4.69, 9.17) is 0 Å². The zero-order chi connectivity index (χ0) is 10.5. The third kappa shape index (κ3) is 11.0. The Kier molecular flexibility index (Phi) is 11.1. The average molecular weight is 190 g/mol. The summed E-state index contributed by atoms with van der Waals surface area (Å²) in [6, 6.07) is 0.